The van der Waals surface area contributed by atoms with Crippen LogP contribution in [0, 0.1) is 0 Å². The van der Waals surface area contributed by atoms with Gasteiger partial charge in [0.2, 0.25) is 5.88 Å². The van der Waals surface area contributed by atoms with E-state index in [1.807, 2.05) is 7.05 Å². The first-order valence-electron chi connectivity index (χ1n) is 4.12. The van der Waals surface area contributed by atoms with Gasteiger partial charge >= 0.3 is 0 Å². The Morgan fingerprint density at radius 3 is 2.79 bits per heavy atom. The molecule has 0 aromatic carbocycles. The second-order valence-corrected chi connectivity index (χ2v) is 2.88. The molecule has 0 saturated carbocycles. The lowest BCUT2D eigenvalue weighted by atomic mass is 10.4. The van der Waals surface area contributed by atoms with Crippen molar-refractivity contribution in [1.82, 2.24) is 14.8 Å². The minimum atomic E-state index is 0.507. The molecule has 2 aromatic heterocycles. The van der Waals surface area contributed by atoms with Crippen LogP contribution in [-0.4, -0.2) is 14.8 Å². The SMILES string of the molecule is Cn1cc(Oc2ccc(N)cn2)cn1. The Morgan fingerprint density at radius 2 is 2.21 bits per heavy atom. The summed E-state index contributed by atoms with van der Waals surface area (Å²) in [7, 11) is 1.82. The summed E-state index contributed by atoms with van der Waals surface area (Å²) in [4.78, 5) is 4.00. The maximum Gasteiger partial charge on any atom is 0.219 e. The predicted molar refractivity (Wildman–Crippen MR) is 51.9 cm³/mol. The number of aryl methyl sites for hydroxylation is 1. The van der Waals surface area contributed by atoms with Crippen LogP contribution in [0.25, 0.3) is 0 Å². The first-order valence-corrected chi connectivity index (χ1v) is 4.12. The van der Waals surface area contributed by atoms with Gasteiger partial charge in [0.05, 0.1) is 24.3 Å². The summed E-state index contributed by atoms with van der Waals surface area (Å²) in [5.41, 5.74) is 6.10. The highest BCUT2D eigenvalue weighted by molar-refractivity contribution is 5.36. The van der Waals surface area contributed by atoms with E-state index in [-0.39, 0.29) is 0 Å². The predicted octanol–water partition coefficient (Wildman–Crippen LogP) is 1.19. The van der Waals surface area contributed by atoms with E-state index in [4.69, 9.17) is 10.5 Å². The van der Waals surface area contributed by atoms with Crippen molar-refractivity contribution in [3.8, 4) is 11.6 Å². The van der Waals surface area contributed by atoms with Crippen molar-refractivity contribution >= 4 is 5.69 Å². The van der Waals surface area contributed by atoms with Crippen LogP contribution in [-0.2, 0) is 7.05 Å². The van der Waals surface area contributed by atoms with Crippen molar-refractivity contribution in [3.05, 3.63) is 30.7 Å². The lowest BCUT2D eigenvalue weighted by molar-refractivity contribution is 0.462. The highest BCUT2D eigenvalue weighted by atomic mass is 16.5. The topological polar surface area (TPSA) is 66.0 Å². The van der Waals surface area contributed by atoms with Crippen molar-refractivity contribution in [1.29, 1.82) is 0 Å². The second-order valence-electron chi connectivity index (χ2n) is 2.88. The number of aromatic nitrogens is 3. The van der Waals surface area contributed by atoms with E-state index < -0.39 is 0 Å². The summed E-state index contributed by atoms with van der Waals surface area (Å²) in [6.45, 7) is 0. The number of ether oxygens (including phenoxy) is 1. The number of hydrogen-bond acceptors (Lipinski definition) is 4. The molecule has 5 heteroatoms. The summed E-state index contributed by atoms with van der Waals surface area (Å²) in [5, 5.41) is 3.97. The molecule has 0 fully saturated rings. The normalized spacial score (nSPS) is 10.1. The molecule has 0 aliphatic rings. The Kier molecular flexibility index (Phi) is 2.06. The fourth-order valence-electron chi connectivity index (χ4n) is 1.02. The second kappa shape index (κ2) is 3.37. The van der Waals surface area contributed by atoms with Gasteiger partial charge in [-0.05, 0) is 6.07 Å². The average molecular weight is 190 g/mol. The number of anilines is 1. The summed E-state index contributed by atoms with van der Waals surface area (Å²) in [5.74, 6) is 1.16. The molecule has 2 aromatic rings. The van der Waals surface area contributed by atoms with Crippen LogP contribution in [0.1, 0.15) is 0 Å². The molecule has 0 aliphatic heterocycles. The van der Waals surface area contributed by atoms with E-state index in [1.165, 1.54) is 0 Å². The summed E-state index contributed by atoms with van der Waals surface area (Å²) in [6, 6.07) is 3.45. The Morgan fingerprint density at radius 1 is 1.36 bits per heavy atom. The summed E-state index contributed by atoms with van der Waals surface area (Å²) >= 11 is 0. The van der Waals surface area contributed by atoms with E-state index in [1.54, 1.807) is 35.4 Å². The minimum Gasteiger partial charge on any atom is -0.436 e. The van der Waals surface area contributed by atoms with Crippen molar-refractivity contribution in [3.63, 3.8) is 0 Å². The molecule has 0 bridgehead atoms. The van der Waals surface area contributed by atoms with Gasteiger partial charge in [-0.1, -0.05) is 0 Å². The summed E-state index contributed by atoms with van der Waals surface area (Å²) in [6.07, 6.45) is 4.93. The van der Waals surface area contributed by atoms with Crippen LogP contribution in [0.15, 0.2) is 30.7 Å². The first-order chi connectivity index (χ1) is 6.74. The van der Waals surface area contributed by atoms with Gasteiger partial charge in [-0.2, -0.15) is 5.10 Å². The van der Waals surface area contributed by atoms with Crippen molar-refractivity contribution in [2.75, 3.05) is 5.73 Å². The number of nitrogens with two attached hydrogens (primary N) is 1. The highest BCUT2D eigenvalue weighted by Crippen LogP contribution is 2.18. The molecule has 2 rings (SSSR count). The number of nitrogen functional groups attached to an aromatic ring is 1. The lowest BCUT2D eigenvalue weighted by Gasteiger charge is -2.00. The van der Waals surface area contributed by atoms with Crippen molar-refractivity contribution in [2.45, 2.75) is 0 Å². The molecule has 0 amide bonds. The Bertz CT molecular complexity index is 421. The third kappa shape index (κ3) is 1.82. The van der Waals surface area contributed by atoms with Gasteiger partial charge in [-0.3, -0.25) is 4.68 Å². The Hall–Kier alpha value is -2.04. The maximum atomic E-state index is 5.49. The van der Waals surface area contributed by atoms with Crippen LogP contribution in [0.5, 0.6) is 11.6 Å². The average Bonchev–Trinajstić information content (AvgIpc) is 2.56. The van der Waals surface area contributed by atoms with E-state index >= 15 is 0 Å². The molecule has 14 heavy (non-hydrogen) atoms. The fourth-order valence-corrected chi connectivity index (χ4v) is 1.02. The molecule has 2 N–H and O–H groups in total. The first kappa shape index (κ1) is 8.55. The third-order valence-electron chi connectivity index (χ3n) is 1.66. The van der Waals surface area contributed by atoms with E-state index in [0.717, 1.165) is 0 Å². The van der Waals surface area contributed by atoms with E-state index in [2.05, 4.69) is 10.1 Å². The quantitative estimate of drug-likeness (QED) is 0.772. The molecule has 0 unspecified atom stereocenters. The van der Waals surface area contributed by atoms with Crippen molar-refractivity contribution in [2.24, 2.45) is 7.05 Å². The maximum absolute atomic E-state index is 5.49. The fraction of sp³-hybridized carbons (Fsp3) is 0.111. The Labute approximate surface area is 81.1 Å². The Balaban J connectivity index is 2.15. The number of hydrogen-bond donors (Lipinski definition) is 1. The molecule has 5 nitrogen and oxygen atoms in total. The van der Waals surface area contributed by atoms with E-state index in [9.17, 15) is 0 Å². The third-order valence-corrected chi connectivity index (χ3v) is 1.66. The molecule has 0 radical (unpaired) electrons. The standard InChI is InChI=1S/C9H10N4O/c1-13-6-8(5-12-13)14-9-3-2-7(10)4-11-9/h2-6H,10H2,1H3. The molecular weight excluding hydrogens is 180 g/mol. The number of rotatable bonds is 2. The van der Waals surface area contributed by atoms with Crippen LogP contribution in [0.3, 0.4) is 0 Å². The zero-order chi connectivity index (χ0) is 9.97. The van der Waals surface area contributed by atoms with Gasteiger partial charge in [0.1, 0.15) is 0 Å². The number of pyridine rings is 1. The van der Waals surface area contributed by atoms with Crippen LogP contribution >= 0.6 is 0 Å². The van der Waals surface area contributed by atoms with Crippen LogP contribution < -0.4 is 10.5 Å². The number of nitrogens with zero attached hydrogens (tertiary/aromatic N) is 3. The lowest BCUT2D eigenvalue weighted by Crippen LogP contribution is -1.89. The van der Waals surface area contributed by atoms with Gasteiger partial charge in [0.15, 0.2) is 5.75 Å². The van der Waals surface area contributed by atoms with Crippen LogP contribution in [0.2, 0.25) is 0 Å². The monoisotopic (exact) mass is 190 g/mol. The molecule has 0 aliphatic carbocycles. The molecule has 0 spiro atoms. The molecule has 2 heterocycles. The zero-order valence-corrected chi connectivity index (χ0v) is 7.71. The van der Waals surface area contributed by atoms with Crippen LogP contribution in [0.4, 0.5) is 5.69 Å². The van der Waals surface area contributed by atoms with E-state index in [0.29, 0.717) is 17.3 Å². The summed E-state index contributed by atoms with van der Waals surface area (Å²) < 4.78 is 7.06. The van der Waals surface area contributed by atoms with Gasteiger partial charge in [0.25, 0.3) is 0 Å². The molecule has 0 saturated heterocycles. The smallest absolute Gasteiger partial charge is 0.219 e. The van der Waals surface area contributed by atoms with Gasteiger partial charge < -0.3 is 10.5 Å². The largest absolute Gasteiger partial charge is 0.436 e. The highest BCUT2D eigenvalue weighted by Gasteiger charge is 1.99. The molecule has 0 atom stereocenters. The molecular formula is C9H10N4O. The molecule has 72 valence electrons. The van der Waals surface area contributed by atoms with Gasteiger partial charge in [0, 0.05) is 13.1 Å². The van der Waals surface area contributed by atoms with Crippen molar-refractivity contribution < 1.29 is 4.74 Å². The van der Waals surface area contributed by atoms with Gasteiger partial charge in [-0.25, -0.2) is 4.98 Å². The van der Waals surface area contributed by atoms with Gasteiger partial charge in [-0.15, -0.1) is 0 Å². The minimum absolute atomic E-state index is 0.507. The zero-order valence-electron chi connectivity index (χ0n) is 7.71.